The average molecular weight is 438 g/mol. The largest absolute Gasteiger partial charge is 0.382 e. The fourth-order valence-electron chi connectivity index (χ4n) is 3.62. The van der Waals surface area contributed by atoms with Gasteiger partial charge >= 0.3 is 0 Å². The van der Waals surface area contributed by atoms with Crippen molar-refractivity contribution < 1.29 is 9.53 Å². The van der Waals surface area contributed by atoms with Crippen molar-refractivity contribution in [2.24, 2.45) is 7.05 Å². The summed E-state index contributed by atoms with van der Waals surface area (Å²) in [4.78, 5) is 18.0. The summed E-state index contributed by atoms with van der Waals surface area (Å²) in [5, 5.41) is 4.23. The maximum Gasteiger partial charge on any atom is 0.195 e. The molecule has 0 radical (unpaired) electrons. The fourth-order valence-corrected chi connectivity index (χ4v) is 4.18. The van der Waals surface area contributed by atoms with E-state index in [1.165, 1.54) is 12.1 Å². The number of pyridine rings is 1. The summed E-state index contributed by atoms with van der Waals surface area (Å²) in [6.07, 6.45) is 8.06. The quantitative estimate of drug-likeness (QED) is 0.389. The third-order valence-electron chi connectivity index (χ3n) is 5.25. The summed E-state index contributed by atoms with van der Waals surface area (Å²) in [7, 11) is 1.88. The second kappa shape index (κ2) is 10.1. The first-order chi connectivity index (χ1) is 15.2. The molecule has 1 aliphatic rings. The number of ether oxygens (including phenoxy) is 1. The number of benzene rings is 1. The van der Waals surface area contributed by atoms with Crippen LogP contribution in [0.5, 0.6) is 0 Å². The van der Waals surface area contributed by atoms with Crippen LogP contribution in [0.4, 0.5) is 5.69 Å². The standard InChI is InChI=1S/C23H27N5O2S/c1-3-30-10-4-9-26-31-27-19-7-5-16-6-8-22-21(23(29)20(16)12-19)11-17(13-24-22)18-14-25-28(2)15-18/h5,7,11-15,26-27H,3-4,6,8-10H2,1-2H3. The minimum Gasteiger partial charge on any atom is -0.382 e. The van der Waals surface area contributed by atoms with Crippen molar-refractivity contribution in [1.29, 1.82) is 0 Å². The van der Waals surface area contributed by atoms with E-state index in [1.54, 1.807) is 10.9 Å². The van der Waals surface area contributed by atoms with Gasteiger partial charge in [-0.1, -0.05) is 6.07 Å². The first-order valence-corrected chi connectivity index (χ1v) is 11.4. The Bertz CT molecular complexity index is 1070. The van der Waals surface area contributed by atoms with Gasteiger partial charge < -0.3 is 9.46 Å². The molecule has 0 saturated carbocycles. The number of rotatable bonds is 9. The molecule has 0 amide bonds. The van der Waals surface area contributed by atoms with Crippen LogP contribution in [0.15, 0.2) is 42.9 Å². The molecule has 8 heteroatoms. The Kier molecular flexibility index (Phi) is 7.01. The number of hydrogen-bond donors (Lipinski definition) is 2. The number of carbonyl (C=O) groups excluding carboxylic acids is 1. The molecule has 0 aliphatic heterocycles. The van der Waals surface area contributed by atoms with Gasteiger partial charge in [0.2, 0.25) is 0 Å². The summed E-state index contributed by atoms with van der Waals surface area (Å²) in [5.41, 5.74) is 6.10. The van der Waals surface area contributed by atoms with Crippen molar-refractivity contribution in [3.8, 4) is 11.1 Å². The van der Waals surface area contributed by atoms with Crippen LogP contribution < -0.4 is 9.44 Å². The second-order valence-corrected chi connectivity index (χ2v) is 8.17. The first kappa shape index (κ1) is 21.5. The number of fused-ring (bicyclic) bond motifs is 2. The monoisotopic (exact) mass is 437 g/mol. The molecule has 2 heterocycles. The third kappa shape index (κ3) is 5.15. The smallest absolute Gasteiger partial charge is 0.195 e. The summed E-state index contributed by atoms with van der Waals surface area (Å²) in [6.45, 7) is 4.35. The van der Waals surface area contributed by atoms with Gasteiger partial charge in [-0.15, -0.1) is 0 Å². The van der Waals surface area contributed by atoms with Crippen molar-refractivity contribution in [2.75, 3.05) is 24.5 Å². The Balaban J connectivity index is 1.48. The Morgan fingerprint density at radius 3 is 2.87 bits per heavy atom. The van der Waals surface area contributed by atoms with Crippen LogP contribution in [0, 0.1) is 0 Å². The lowest BCUT2D eigenvalue weighted by Gasteiger charge is -2.11. The van der Waals surface area contributed by atoms with Gasteiger partial charge in [-0.2, -0.15) is 5.10 Å². The summed E-state index contributed by atoms with van der Waals surface area (Å²) in [5.74, 6) is 0.0269. The molecule has 0 bridgehead atoms. The number of nitrogens with zero attached hydrogens (tertiary/aromatic N) is 3. The Hall–Kier alpha value is -2.68. The van der Waals surface area contributed by atoms with E-state index < -0.39 is 0 Å². The number of carbonyl (C=O) groups is 1. The lowest BCUT2D eigenvalue weighted by Crippen LogP contribution is -2.11. The van der Waals surface area contributed by atoms with E-state index in [9.17, 15) is 4.79 Å². The number of hydrogen-bond acceptors (Lipinski definition) is 7. The predicted octanol–water partition coefficient (Wildman–Crippen LogP) is 3.80. The highest BCUT2D eigenvalue weighted by molar-refractivity contribution is 7.98. The van der Waals surface area contributed by atoms with Gasteiger partial charge in [-0.3, -0.25) is 14.5 Å². The molecule has 162 valence electrons. The molecule has 2 aromatic heterocycles. The summed E-state index contributed by atoms with van der Waals surface area (Å²) >= 11 is 1.42. The van der Waals surface area contributed by atoms with Gasteiger partial charge in [0, 0.05) is 79.3 Å². The Morgan fingerprint density at radius 2 is 2.06 bits per heavy atom. The zero-order valence-electron chi connectivity index (χ0n) is 17.9. The van der Waals surface area contributed by atoms with E-state index >= 15 is 0 Å². The molecule has 0 unspecified atom stereocenters. The van der Waals surface area contributed by atoms with Crippen LogP contribution in [0.3, 0.4) is 0 Å². The maximum atomic E-state index is 13.4. The number of nitrogens with one attached hydrogen (secondary N) is 2. The minimum absolute atomic E-state index is 0.0269. The second-order valence-electron chi connectivity index (χ2n) is 7.47. The molecule has 2 N–H and O–H groups in total. The zero-order valence-corrected chi connectivity index (χ0v) is 18.7. The molecule has 31 heavy (non-hydrogen) atoms. The molecule has 0 fully saturated rings. The number of aryl methyl sites for hydroxylation is 3. The molecule has 0 spiro atoms. The third-order valence-corrected chi connectivity index (χ3v) is 5.94. The van der Waals surface area contributed by atoms with Crippen LogP contribution in [0.25, 0.3) is 11.1 Å². The lowest BCUT2D eigenvalue weighted by molar-refractivity contribution is 0.103. The van der Waals surface area contributed by atoms with Crippen molar-refractivity contribution in [1.82, 2.24) is 19.5 Å². The Labute approximate surface area is 186 Å². The highest BCUT2D eigenvalue weighted by Crippen LogP contribution is 2.29. The van der Waals surface area contributed by atoms with E-state index in [4.69, 9.17) is 4.74 Å². The SMILES string of the molecule is CCOCCCNSNc1ccc2c(c1)C(=O)c1cc(-c3cnn(C)c3)cnc1CC2. The first-order valence-electron chi connectivity index (χ1n) is 10.5. The van der Waals surface area contributed by atoms with Crippen LogP contribution in [-0.4, -0.2) is 40.3 Å². The van der Waals surface area contributed by atoms with Crippen molar-refractivity contribution in [2.45, 2.75) is 26.2 Å². The van der Waals surface area contributed by atoms with Crippen LogP contribution in [0.2, 0.25) is 0 Å². The van der Waals surface area contributed by atoms with Gasteiger partial charge in [0.05, 0.1) is 11.9 Å². The van der Waals surface area contributed by atoms with Crippen molar-refractivity contribution >= 4 is 23.6 Å². The number of aromatic nitrogens is 3. The molecule has 0 saturated heterocycles. The molecule has 1 aliphatic carbocycles. The van der Waals surface area contributed by atoms with Gasteiger partial charge in [0.15, 0.2) is 5.78 Å². The van der Waals surface area contributed by atoms with E-state index in [2.05, 4.69) is 19.5 Å². The fraction of sp³-hybridized carbons (Fsp3) is 0.348. The van der Waals surface area contributed by atoms with E-state index in [0.717, 1.165) is 72.7 Å². The van der Waals surface area contributed by atoms with Gasteiger partial charge in [0.25, 0.3) is 0 Å². The minimum atomic E-state index is 0.0269. The highest BCUT2D eigenvalue weighted by Gasteiger charge is 2.23. The average Bonchev–Trinajstić information content (AvgIpc) is 3.17. The molecule has 4 rings (SSSR count). The lowest BCUT2D eigenvalue weighted by atomic mass is 9.98. The van der Waals surface area contributed by atoms with Crippen LogP contribution >= 0.6 is 12.1 Å². The van der Waals surface area contributed by atoms with Crippen LogP contribution in [-0.2, 0) is 24.6 Å². The molecular formula is C23H27N5O2S. The molecule has 3 aromatic rings. The Morgan fingerprint density at radius 1 is 1.16 bits per heavy atom. The molecule has 7 nitrogen and oxygen atoms in total. The van der Waals surface area contributed by atoms with E-state index in [-0.39, 0.29) is 5.78 Å². The normalized spacial score (nSPS) is 12.9. The predicted molar refractivity (Wildman–Crippen MR) is 124 cm³/mol. The summed E-state index contributed by atoms with van der Waals surface area (Å²) in [6, 6.07) is 7.95. The topological polar surface area (TPSA) is 81.1 Å². The van der Waals surface area contributed by atoms with Gasteiger partial charge in [-0.25, -0.2) is 4.72 Å². The van der Waals surface area contributed by atoms with E-state index in [1.807, 2.05) is 50.6 Å². The van der Waals surface area contributed by atoms with Crippen LogP contribution in [0.1, 0.15) is 40.5 Å². The van der Waals surface area contributed by atoms with E-state index in [0.29, 0.717) is 5.56 Å². The van der Waals surface area contributed by atoms with Crippen molar-refractivity contribution in [3.63, 3.8) is 0 Å². The maximum absolute atomic E-state index is 13.4. The summed E-state index contributed by atoms with van der Waals surface area (Å²) < 4.78 is 13.6. The molecule has 1 aromatic carbocycles. The highest BCUT2D eigenvalue weighted by atomic mass is 32.2. The zero-order chi connectivity index (χ0) is 21.6. The molecule has 0 atom stereocenters. The molecular weight excluding hydrogens is 410 g/mol. The number of anilines is 1. The van der Waals surface area contributed by atoms with Crippen molar-refractivity contribution in [3.05, 3.63) is 65.2 Å². The number of ketones is 1. The van der Waals surface area contributed by atoms with Gasteiger partial charge in [0.1, 0.15) is 0 Å². The van der Waals surface area contributed by atoms with Gasteiger partial charge in [-0.05, 0) is 49.9 Å².